The number of hydrogen-bond donors (Lipinski definition) is 1. The van der Waals surface area contributed by atoms with Gasteiger partial charge in [0.05, 0.1) is 6.61 Å². The summed E-state index contributed by atoms with van der Waals surface area (Å²) < 4.78 is 5.65. The van der Waals surface area contributed by atoms with E-state index in [1.807, 2.05) is 0 Å². The van der Waals surface area contributed by atoms with E-state index in [1.165, 1.54) is 12.1 Å². The summed E-state index contributed by atoms with van der Waals surface area (Å²) in [5, 5.41) is 3.59. The van der Waals surface area contributed by atoms with Crippen LogP contribution in [0, 0.1) is 5.92 Å². The fourth-order valence-corrected chi connectivity index (χ4v) is 2.59. The highest BCUT2D eigenvalue weighted by atomic mass is 16.5. The quantitative estimate of drug-likeness (QED) is 0.913. The van der Waals surface area contributed by atoms with Crippen LogP contribution in [0.15, 0.2) is 24.3 Å². The van der Waals surface area contributed by atoms with E-state index in [0.717, 1.165) is 38.4 Å². The molecule has 0 aliphatic carbocycles. The Hall–Kier alpha value is -1.22. The molecule has 1 fully saturated rings. The fraction of sp³-hybridized carbons (Fsp3) is 0.647. The minimum absolute atomic E-state index is 0.604. The molecular formula is C17H28N2O. The molecule has 1 aliphatic heterocycles. The summed E-state index contributed by atoms with van der Waals surface area (Å²) >= 11 is 0. The number of benzene rings is 1. The molecule has 1 heterocycles. The maximum absolute atomic E-state index is 5.65. The third-order valence-electron chi connectivity index (χ3n) is 3.85. The van der Waals surface area contributed by atoms with Crippen LogP contribution in [0.5, 0.6) is 5.75 Å². The predicted octanol–water partition coefficient (Wildman–Crippen LogP) is 3.30. The second kappa shape index (κ2) is 7.53. The monoisotopic (exact) mass is 276 g/mol. The van der Waals surface area contributed by atoms with E-state index in [1.54, 1.807) is 0 Å². The van der Waals surface area contributed by atoms with Crippen LogP contribution in [-0.4, -0.2) is 32.3 Å². The maximum atomic E-state index is 5.65. The van der Waals surface area contributed by atoms with Gasteiger partial charge in [0.2, 0.25) is 0 Å². The molecule has 2 atom stereocenters. The minimum Gasteiger partial charge on any atom is -0.494 e. The van der Waals surface area contributed by atoms with E-state index in [2.05, 4.69) is 55.3 Å². The maximum Gasteiger partial charge on any atom is 0.119 e. The highest BCUT2D eigenvalue weighted by Gasteiger charge is 2.16. The molecule has 20 heavy (non-hydrogen) atoms. The zero-order chi connectivity index (χ0) is 14.4. The molecule has 3 nitrogen and oxygen atoms in total. The van der Waals surface area contributed by atoms with Crippen LogP contribution >= 0.6 is 0 Å². The van der Waals surface area contributed by atoms with Gasteiger partial charge in [0, 0.05) is 24.8 Å². The Morgan fingerprint density at radius 1 is 1.25 bits per heavy atom. The fourth-order valence-electron chi connectivity index (χ4n) is 2.59. The first kappa shape index (κ1) is 15.2. The van der Waals surface area contributed by atoms with Crippen molar-refractivity contribution >= 4 is 5.69 Å². The van der Waals surface area contributed by atoms with Crippen molar-refractivity contribution in [1.82, 2.24) is 5.32 Å². The summed E-state index contributed by atoms with van der Waals surface area (Å²) in [6, 6.07) is 9.17. The van der Waals surface area contributed by atoms with Crippen molar-refractivity contribution in [3.8, 4) is 5.75 Å². The average molecular weight is 276 g/mol. The molecule has 0 saturated carbocycles. The van der Waals surface area contributed by atoms with E-state index in [9.17, 15) is 0 Å². The highest BCUT2D eigenvalue weighted by Crippen LogP contribution is 2.22. The topological polar surface area (TPSA) is 24.5 Å². The van der Waals surface area contributed by atoms with Crippen molar-refractivity contribution < 1.29 is 4.74 Å². The first-order chi connectivity index (χ1) is 9.69. The van der Waals surface area contributed by atoms with Crippen molar-refractivity contribution in [3.63, 3.8) is 0 Å². The third-order valence-corrected chi connectivity index (χ3v) is 3.85. The first-order valence-corrected chi connectivity index (χ1v) is 7.90. The van der Waals surface area contributed by atoms with Gasteiger partial charge in [0.1, 0.15) is 5.75 Å². The normalized spacial score (nSPS) is 24.1. The Morgan fingerprint density at radius 2 is 2.00 bits per heavy atom. The molecule has 1 aromatic carbocycles. The summed E-state index contributed by atoms with van der Waals surface area (Å²) in [6.07, 6.45) is 2.25. The Kier molecular flexibility index (Phi) is 5.72. The molecule has 2 rings (SSSR count). The lowest BCUT2D eigenvalue weighted by Crippen LogP contribution is -2.42. The van der Waals surface area contributed by atoms with Crippen molar-refractivity contribution in [2.45, 2.75) is 39.7 Å². The van der Waals surface area contributed by atoms with Gasteiger partial charge in [-0.3, -0.25) is 0 Å². The Balaban J connectivity index is 2.00. The molecule has 3 heteroatoms. The lowest BCUT2D eigenvalue weighted by Gasteiger charge is -2.33. The first-order valence-electron chi connectivity index (χ1n) is 7.90. The number of anilines is 1. The lowest BCUT2D eigenvalue weighted by molar-refractivity contribution is 0.317. The second-order valence-electron chi connectivity index (χ2n) is 5.99. The van der Waals surface area contributed by atoms with Crippen LogP contribution in [-0.2, 0) is 0 Å². The SMILES string of the molecule is CCCOc1ccc(N2CCC(C)NCC(C)C2)cc1. The molecule has 0 bridgehead atoms. The van der Waals surface area contributed by atoms with Crippen LogP contribution in [0.25, 0.3) is 0 Å². The number of rotatable bonds is 4. The van der Waals surface area contributed by atoms with Crippen LogP contribution < -0.4 is 15.0 Å². The summed E-state index contributed by atoms with van der Waals surface area (Å²) in [7, 11) is 0. The summed E-state index contributed by atoms with van der Waals surface area (Å²) in [6.45, 7) is 10.9. The molecule has 2 unspecified atom stereocenters. The Labute approximate surface area is 123 Å². The van der Waals surface area contributed by atoms with E-state index >= 15 is 0 Å². The third kappa shape index (κ3) is 4.41. The number of ether oxygens (including phenoxy) is 1. The largest absolute Gasteiger partial charge is 0.494 e. The molecule has 0 radical (unpaired) electrons. The molecule has 1 aromatic rings. The van der Waals surface area contributed by atoms with Crippen LogP contribution in [0.4, 0.5) is 5.69 Å². The Morgan fingerprint density at radius 3 is 2.70 bits per heavy atom. The van der Waals surface area contributed by atoms with Crippen molar-refractivity contribution in [2.75, 3.05) is 31.1 Å². The smallest absolute Gasteiger partial charge is 0.119 e. The molecule has 1 N–H and O–H groups in total. The van der Waals surface area contributed by atoms with Crippen molar-refractivity contribution in [3.05, 3.63) is 24.3 Å². The van der Waals surface area contributed by atoms with Crippen molar-refractivity contribution in [1.29, 1.82) is 0 Å². The number of hydrogen-bond acceptors (Lipinski definition) is 3. The van der Waals surface area contributed by atoms with Gasteiger partial charge in [0.15, 0.2) is 0 Å². The van der Waals surface area contributed by atoms with Crippen LogP contribution in [0.3, 0.4) is 0 Å². The van der Waals surface area contributed by atoms with Gasteiger partial charge < -0.3 is 15.0 Å². The molecule has 0 spiro atoms. The molecule has 0 aromatic heterocycles. The molecule has 1 aliphatic rings. The van der Waals surface area contributed by atoms with Crippen LogP contribution in [0.1, 0.15) is 33.6 Å². The predicted molar refractivity (Wildman–Crippen MR) is 85.7 cm³/mol. The van der Waals surface area contributed by atoms with Crippen molar-refractivity contribution in [2.24, 2.45) is 5.92 Å². The molecule has 1 saturated heterocycles. The summed E-state index contributed by atoms with van der Waals surface area (Å²) in [5.41, 5.74) is 1.31. The van der Waals surface area contributed by atoms with E-state index in [4.69, 9.17) is 4.74 Å². The summed E-state index contributed by atoms with van der Waals surface area (Å²) in [4.78, 5) is 2.51. The van der Waals surface area contributed by atoms with Gasteiger partial charge in [-0.05, 0) is 56.5 Å². The van der Waals surface area contributed by atoms with E-state index in [0.29, 0.717) is 12.0 Å². The molecule has 112 valence electrons. The van der Waals surface area contributed by atoms with Gasteiger partial charge in [0.25, 0.3) is 0 Å². The highest BCUT2D eigenvalue weighted by molar-refractivity contribution is 5.49. The Bertz CT molecular complexity index is 390. The minimum atomic E-state index is 0.604. The van der Waals surface area contributed by atoms with Gasteiger partial charge in [-0.1, -0.05) is 13.8 Å². The van der Waals surface area contributed by atoms with E-state index < -0.39 is 0 Å². The van der Waals surface area contributed by atoms with Gasteiger partial charge in [-0.25, -0.2) is 0 Å². The van der Waals surface area contributed by atoms with Gasteiger partial charge in [-0.15, -0.1) is 0 Å². The van der Waals surface area contributed by atoms with Gasteiger partial charge in [-0.2, -0.15) is 0 Å². The zero-order valence-corrected chi connectivity index (χ0v) is 13.1. The second-order valence-corrected chi connectivity index (χ2v) is 5.99. The number of nitrogens with one attached hydrogen (secondary N) is 1. The lowest BCUT2D eigenvalue weighted by atomic mass is 10.1. The molecular weight excluding hydrogens is 248 g/mol. The van der Waals surface area contributed by atoms with E-state index in [-0.39, 0.29) is 0 Å². The standard InChI is InChI=1S/C17H28N2O/c1-4-11-20-17-7-5-16(6-8-17)19-10-9-15(3)18-12-14(2)13-19/h5-8,14-15,18H,4,9-13H2,1-3H3. The molecule has 0 amide bonds. The van der Waals surface area contributed by atoms with Crippen LogP contribution in [0.2, 0.25) is 0 Å². The number of nitrogens with zero attached hydrogens (tertiary/aromatic N) is 1. The van der Waals surface area contributed by atoms with Gasteiger partial charge >= 0.3 is 0 Å². The summed E-state index contributed by atoms with van der Waals surface area (Å²) in [5.74, 6) is 1.65. The average Bonchev–Trinajstić information content (AvgIpc) is 2.46. The zero-order valence-electron chi connectivity index (χ0n) is 13.1.